The number of sulfone groups is 1. The average molecular weight is 196 g/mol. The van der Waals surface area contributed by atoms with Gasteiger partial charge in [0.15, 0.2) is 0 Å². The van der Waals surface area contributed by atoms with Crippen molar-refractivity contribution in [3.05, 3.63) is 35.5 Å². The number of fused-ring (bicyclic) bond motifs is 1. The SMILES string of the molecule is NC1=CNc2ccccc2S1(=O)=O. The van der Waals surface area contributed by atoms with Crippen molar-refractivity contribution in [2.45, 2.75) is 4.90 Å². The van der Waals surface area contributed by atoms with Crippen LogP contribution >= 0.6 is 0 Å². The molecular weight excluding hydrogens is 188 g/mol. The molecule has 13 heavy (non-hydrogen) atoms. The van der Waals surface area contributed by atoms with Gasteiger partial charge in [-0.1, -0.05) is 12.1 Å². The van der Waals surface area contributed by atoms with E-state index in [4.69, 9.17) is 5.73 Å². The molecule has 1 heterocycles. The van der Waals surface area contributed by atoms with Gasteiger partial charge in [0.05, 0.1) is 10.6 Å². The van der Waals surface area contributed by atoms with E-state index >= 15 is 0 Å². The van der Waals surface area contributed by atoms with Gasteiger partial charge in [-0.2, -0.15) is 0 Å². The maximum atomic E-state index is 11.6. The minimum Gasteiger partial charge on any atom is -0.388 e. The van der Waals surface area contributed by atoms with Crippen LogP contribution in [0, 0.1) is 0 Å². The molecule has 1 aromatic rings. The maximum Gasteiger partial charge on any atom is 0.224 e. The molecule has 0 fully saturated rings. The van der Waals surface area contributed by atoms with Crippen molar-refractivity contribution in [3.63, 3.8) is 0 Å². The molecule has 0 amide bonds. The maximum absolute atomic E-state index is 11.6. The van der Waals surface area contributed by atoms with Gasteiger partial charge in [-0.15, -0.1) is 0 Å². The Kier molecular flexibility index (Phi) is 1.56. The molecule has 0 aliphatic carbocycles. The van der Waals surface area contributed by atoms with Crippen LogP contribution in [0.15, 0.2) is 40.4 Å². The molecule has 1 aliphatic rings. The van der Waals surface area contributed by atoms with Crippen molar-refractivity contribution in [1.29, 1.82) is 0 Å². The fraction of sp³-hybridized carbons (Fsp3) is 0. The predicted octanol–water partition coefficient (Wildman–Crippen LogP) is 0.643. The summed E-state index contributed by atoms with van der Waals surface area (Å²) in [5.74, 6) is 0. The highest BCUT2D eigenvalue weighted by Crippen LogP contribution is 2.28. The van der Waals surface area contributed by atoms with Gasteiger partial charge in [0.1, 0.15) is 5.03 Å². The molecule has 0 saturated carbocycles. The third kappa shape index (κ3) is 1.08. The van der Waals surface area contributed by atoms with Crippen LogP contribution < -0.4 is 11.1 Å². The fourth-order valence-electron chi connectivity index (χ4n) is 1.17. The van der Waals surface area contributed by atoms with Crippen molar-refractivity contribution < 1.29 is 8.42 Å². The smallest absolute Gasteiger partial charge is 0.224 e. The molecule has 1 aromatic carbocycles. The van der Waals surface area contributed by atoms with Crippen LogP contribution in [0.5, 0.6) is 0 Å². The molecule has 0 aromatic heterocycles. The van der Waals surface area contributed by atoms with E-state index < -0.39 is 9.84 Å². The van der Waals surface area contributed by atoms with Crippen molar-refractivity contribution in [2.75, 3.05) is 5.32 Å². The lowest BCUT2D eigenvalue weighted by molar-refractivity contribution is 0.601. The first-order chi connectivity index (χ1) is 6.12. The normalized spacial score (nSPS) is 18.3. The number of para-hydroxylation sites is 1. The molecular formula is C8H8N2O2S. The number of nitrogens with one attached hydrogen (secondary N) is 1. The Morgan fingerprint density at radius 2 is 1.92 bits per heavy atom. The van der Waals surface area contributed by atoms with E-state index in [1.165, 1.54) is 12.3 Å². The first-order valence-corrected chi connectivity index (χ1v) is 5.17. The van der Waals surface area contributed by atoms with Gasteiger partial charge in [-0.25, -0.2) is 8.42 Å². The zero-order valence-corrected chi connectivity index (χ0v) is 7.51. The van der Waals surface area contributed by atoms with Gasteiger partial charge < -0.3 is 11.1 Å². The second-order valence-electron chi connectivity index (χ2n) is 2.69. The molecule has 1 aliphatic heterocycles. The van der Waals surface area contributed by atoms with E-state index in [9.17, 15) is 8.42 Å². The van der Waals surface area contributed by atoms with Gasteiger partial charge in [0.25, 0.3) is 0 Å². The summed E-state index contributed by atoms with van der Waals surface area (Å²) >= 11 is 0. The van der Waals surface area contributed by atoms with Gasteiger partial charge in [0, 0.05) is 6.20 Å². The molecule has 0 saturated heterocycles. The van der Waals surface area contributed by atoms with Gasteiger partial charge in [-0.3, -0.25) is 0 Å². The van der Waals surface area contributed by atoms with Crippen LogP contribution in [0.4, 0.5) is 5.69 Å². The quantitative estimate of drug-likeness (QED) is 0.638. The zero-order chi connectivity index (χ0) is 9.47. The summed E-state index contributed by atoms with van der Waals surface area (Å²) in [5.41, 5.74) is 5.90. The highest BCUT2D eigenvalue weighted by atomic mass is 32.2. The first-order valence-electron chi connectivity index (χ1n) is 3.68. The van der Waals surface area contributed by atoms with Crippen molar-refractivity contribution in [1.82, 2.24) is 0 Å². The van der Waals surface area contributed by atoms with E-state index in [1.807, 2.05) is 0 Å². The van der Waals surface area contributed by atoms with Crippen molar-refractivity contribution in [3.8, 4) is 0 Å². The molecule has 68 valence electrons. The van der Waals surface area contributed by atoms with E-state index in [0.29, 0.717) is 5.69 Å². The number of anilines is 1. The van der Waals surface area contributed by atoms with E-state index in [1.54, 1.807) is 18.2 Å². The molecule has 0 bridgehead atoms. The molecule has 0 atom stereocenters. The summed E-state index contributed by atoms with van der Waals surface area (Å²) in [7, 11) is -3.44. The Bertz CT molecular complexity index is 477. The highest BCUT2D eigenvalue weighted by molar-refractivity contribution is 7.95. The molecule has 3 N–H and O–H groups in total. The lowest BCUT2D eigenvalue weighted by atomic mass is 10.3. The number of nitrogens with two attached hydrogens (primary N) is 1. The Balaban J connectivity index is 2.75. The molecule has 0 radical (unpaired) electrons. The minimum absolute atomic E-state index is 0.147. The second-order valence-corrected chi connectivity index (χ2v) is 4.61. The minimum atomic E-state index is -3.44. The van der Waals surface area contributed by atoms with Crippen LogP contribution in [0.1, 0.15) is 0 Å². The number of rotatable bonds is 0. The summed E-state index contributed by atoms with van der Waals surface area (Å²) in [6, 6.07) is 6.64. The average Bonchev–Trinajstić information content (AvgIpc) is 2.13. The number of hydrogen-bond acceptors (Lipinski definition) is 4. The molecule has 5 heteroatoms. The topological polar surface area (TPSA) is 72.2 Å². The zero-order valence-electron chi connectivity index (χ0n) is 6.69. The predicted molar refractivity (Wildman–Crippen MR) is 49.5 cm³/mol. The summed E-state index contributed by atoms with van der Waals surface area (Å²) < 4.78 is 23.1. The van der Waals surface area contributed by atoms with Gasteiger partial charge in [0.2, 0.25) is 9.84 Å². The van der Waals surface area contributed by atoms with Crippen LogP contribution in [0.3, 0.4) is 0 Å². The molecule has 0 spiro atoms. The third-order valence-electron chi connectivity index (χ3n) is 1.86. The van der Waals surface area contributed by atoms with Crippen molar-refractivity contribution >= 4 is 15.5 Å². The van der Waals surface area contributed by atoms with Crippen LogP contribution in [0.2, 0.25) is 0 Å². The first kappa shape index (κ1) is 8.12. The lowest BCUT2D eigenvalue weighted by Gasteiger charge is -2.15. The van der Waals surface area contributed by atoms with Crippen molar-refractivity contribution in [2.24, 2.45) is 5.73 Å². The van der Waals surface area contributed by atoms with Crippen LogP contribution in [-0.4, -0.2) is 8.42 Å². The Hall–Kier alpha value is -1.49. The summed E-state index contributed by atoms with van der Waals surface area (Å²) in [6.07, 6.45) is 1.29. The molecule has 0 unspecified atom stereocenters. The Morgan fingerprint density at radius 1 is 1.23 bits per heavy atom. The fourth-order valence-corrected chi connectivity index (χ4v) is 2.32. The van der Waals surface area contributed by atoms with E-state index in [-0.39, 0.29) is 9.92 Å². The largest absolute Gasteiger partial charge is 0.388 e. The van der Waals surface area contributed by atoms with E-state index in [2.05, 4.69) is 5.32 Å². The van der Waals surface area contributed by atoms with E-state index in [0.717, 1.165) is 0 Å². The highest BCUT2D eigenvalue weighted by Gasteiger charge is 2.24. The summed E-state index contributed by atoms with van der Waals surface area (Å²) in [4.78, 5) is 0.231. The Morgan fingerprint density at radius 3 is 2.69 bits per heavy atom. The number of hydrogen-bond donors (Lipinski definition) is 2. The second kappa shape index (κ2) is 2.50. The monoisotopic (exact) mass is 196 g/mol. The van der Waals surface area contributed by atoms with Crippen LogP contribution in [-0.2, 0) is 9.84 Å². The standard InChI is InChI=1S/C8H8N2O2S/c9-8-5-10-6-3-1-2-4-7(6)13(8,11)12/h1-5,10H,9H2. The summed E-state index contributed by atoms with van der Waals surface area (Å²) in [5, 5.41) is 2.65. The summed E-state index contributed by atoms with van der Waals surface area (Å²) in [6.45, 7) is 0. The number of benzene rings is 1. The molecule has 2 rings (SSSR count). The lowest BCUT2D eigenvalue weighted by Crippen LogP contribution is -2.19. The Labute approximate surface area is 76.0 Å². The molecule has 4 nitrogen and oxygen atoms in total. The third-order valence-corrected chi connectivity index (χ3v) is 3.53. The van der Waals surface area contributed by atoms with Gasteiger partial charge in [-0.05, 0) is 12.1 Å². The van der Waals surface area contributed by atoms with Crippen LogP contribution in [0.25, 0.3) is 0 Å². The van der Waals surface area contributed by atoms with Gasteiger partial charge >= 0.3 is 0 Å².